The topological polar surface area (TPSA) is 9.23 Å². The van der Waals surface area contributed by atoms with Crippen LogP contribution in [0, 0.1) is 0 Å². The normalized spacial score (nSPS) is 13.5. The molecule has 1 nitrogen and oxygen atoms in total. The third-order valence-electron chi connectivity index (χ3n) is 4.76. The first kappa shape index (κ1) is 16.8. The molecule has 0 spiro atoms. The van der Waals surface area contributed by atoms with Gasteiger partial charge in [0.25, 0.3) is 0 Å². The predicted molar refractivity (Wildman–Crippen MR) is 103 cm³/mol. The molecular formula is C23H28O. The van der Waals surface area contributed by atoms with Crippen LogP contribution < -0.4 is 4.74 Å². The van der Waals surface area contributed by atoms with E-state index in [1.165, 1.54) is 28.7 Å². The highest BCUT2D eigenvalue weighted by Crippen LogP contribution is 2.30. The lowest BCUT2D eigenvalue weighted by Crippen LogP contribution is -2.10. The minimum atomic E-state index is 0.198. The van der Waals surface area contributed by atoms with Crippen LogP contribution in [-0.2, 0) is 11.8 Å². The molecule has 0 N–H and O–H groups in total. The predicted octanol–water partition coefficient (Wildman–Crippen LogP) is 6.17. The summed E-state index contributed by atoms with van der Waals surface area (Å²) in [6.07, 6.45) is 6.92. The van der Waals surface area contributed by atoms with Gasteiger partial charge in [0.1, 0.15) is 5.75 Å². The molecule has 2 aromatic rings. The Morgan fingerprint density at radius 3 is 2.42 bits per heavy atom. The maximum Gasteiger partial charge on any atom is 0.119 e. The van der Waals surface area contributed by atoms with Crippen molar-refractivity contribution < 1.29 is 4.74 Å². The second kappa shape index (κ2) is 7.25. The van der Waals surface area contributed by atoms with Gasteiger partial charge in [0.15, 0.2) is 0 Å². The number of allylic oxidation sites excluding steroid dienone is 2. The van der Waals surface area contributed by atoms with Crippen LogP contribution in [0.3, 0.4) is 0 Å². The summed E-state index contributed by atoms with van der Waals surface area (Å²) in [7, 11) is 0. The molecule has 0 heterocycles. The number of rotatable bonds is 6. The van der Waals surface area contributed by atoms with Gasteiger partial charge in [-0.25, -0.2) is 0 Å². The molecule has 2 aromatic carbocycles. The third kappa shape index (κ3) is 4.08. The molecule has 1 heteroatoms. The Hall–Kier alpha value is -2.02. The van der Waals surface area contributed by atoms with Gasteiger partial charge in [-0.05, 0) is 65.5 Å². The molecule has 3 rings (SSSR count). The van der Waals surface area contributed by atoms with E-state index in [9.17, 15) is 0 Å². The van der Waals surface area contributed by atoms with Crippen molar-refractivity contribution in [2.24, 2.45) is 0 Å². The number of hydrogen-bond donors (Lipinski definition) is 0. The van der Waals surface area contributed by atoms with Crippen molar-refractivity contribution in [2.45, 2.75) is 51.9 Å². The Labute approximate surface area is 146 Å². The smallest absolute Gasteiger partial charge is 0.119 e. The molecule has 126 valence electrons. The van der Waals surface area contributed by atoms with Gasteiger partial charge in [0.05, 0.1) is 6.61 Å². The first-order valence-corrected chi connectivity index (χ1v) is 9.05. The van der Waals surface area contributed by atoms with Crippen molar-refractivity contribution in [2.75, 3.05) is 6.61 Å². The Morgan fingerprint density at radius 2 is 1.67 bits per heavy atom. The number of benzene rings is 2. The van der Waals surface area contributed by atoms with Crippen LogP contribution in [-0.4, -0.2) is 6.61 Å². The van der Waals surface area contributed by atoms with Crippen LogP contribution in [0.15, 0.2) is 54.6 Å². The molecule has 0 atom stereocenters. The van der Waals surface area contributed by atoms with E-state index in [4.69, 9.17) is 4.74 Å². The van der Waals surface area contributed by atoms with Crippen LogP contribution in [0.5, 0.6) is 5.75 Å². The van der Waals surface area contributed by atoms with Crippen LogP contribution in [0.4, 0.5) is 0 Å². The lowest BCUT2D eigenvalue weighted by atomic mass is 9.87. The molecule has 0 aromatic heterocycles. The van der Waals surface area contributed by atoms with Crippen molar-refractivity contribution >= 4 is 5.57 Å². The van der Waals surface area contributed by atoms with Gasteiger partial charge in [-0.2, -0.15) is 0 Å². The van der Waals surface area contributed by atoms with Gasteiger partial charge in [0, 0.05) is 0 Å². The molecule has 0 amide bonds. The fraction of sp³-hybridized carbons (Fsp3) is 0.391. The Balaban J connectivity index is 1.40. The van der Waals surface area contributed by atoms with E-state index in [2.05, 4.69) is 75.4 Å². The maximum absolute atomic E-state index is 5.89. The molecule has 24 heavy (non-hydrogen) atoms. The first-order chi connectivity index (χ1) is 11.5. The van der Waals surface area contributed by atoms with E-state index in [0.29, 0.717) is 0 Å². The summed E-state index contributed by atoms with van der Waals surface area (Å²) in [6, 6.07) is 17.3. The van der Waals surface area contributed by atoms with E-state index in [1.807, 2.05) is 0 Å². The largest absolute Gasteiger partial charge is 0.494 e. The summed E-state index contributed by atoms with van der Waals surface area (Å²) in [5.74, 6) is 0.980. The van der Waals surface area contributed by atoms with Gasteiger partial charge in [-0.1, -0.05) is 63.2 Å². The standard InChI is InChI=1S/C23H28O/c1-23(2,3)20-13-15-21(16-14-20)24-17-7-6-9-19-12-11-18-8-4-5-10-22(18)19/h4-5,8,10,12-16H,6-7,9,11,17H2,1-3H3. The summed E-state index contributed by atoms with van der Waals surface area (Å²) < 4.78 is 5.89. The second-order valence-electron chi connectivity index (χ2n) is 7.67. The van der Waals surface area contributed by atoms with Crippen LogP contribution >= 0.6 is 0 Å². The van der Waals surface area contributed by atoms with Gasteiger partial charge in [-0.15, -0.1) is 0 Å². The monoisotopic (exact) mass is 320 g/mol. The van der Waals surface area contributed by atoms with E-state index in [-0.39, 0.29) is 5.41 Å². The van der Waals surface area contributed by atoms with Gasteiger partial charge in [0.2, 0.25) is 0 Å². The Bertz CT molecular complexity index is 702. The van der Waals surface area contributed by atoms with Gasteiger partial charge < -0.3 is 4.74 Å². The number of hydrogen-bond acceptors (Lipinski definition) is 1. The van der Waals surface area contributed by atoms with E-state index in [1.54, 1.807) is 0 Å². The van der Waals surface area contributed by atoms with Crippen molar-refractivity contribution in [1.82, 2.24) is 0 Å². The Morgan fingerprint density at radius 1 is 0.917 bits per heavy atom. The van der Waals surface area contributed by atoms with Crippen LogP contribution in [0.2, 0.25) is 0 Å². The third-order valence-corrected chi connectivity index (χ3v) is 4.76. The highest BCUT2D eigenvalue weighted by Gasteiger charge is 2.13. The molecule has 0 saturated carbocycles. The van der Waals surface area contributed by atoms with Gasteiger partial charge in [-0.3, -0.25) is 0 Å². The summed E-state index contributed by atoms with van der Waals surface area (Å²) in [5.41, 5.74) is 5.99. The average molecular weight is 320 g/mol. The average Bonchev–Trinajstić information content (AvgIpc) is 2.97. The molecule has 0 aliphatic heterocycles. The van der Waals surface area contributed by atoms with Crippen molar-refractivity contribution in [3.8, 4) is 5.75 Å². The zero-order chi connectivity index (χ0) is 17.0. The molecular weight excluding hydrogens is 292 g/mol. The summed E-state index contributed by atoms with van der Waals surface area (Å²) >= 11 is 0. The summed E-state index contributed by atoms with van der Waals surface area (Å²) in [5, 5.41) is 0. The quantitative estimate of drug-likeness (QED) is 0.578. The molecule has 1 aliphatic carbocycles. The molecule has 0 unspecified atom stereocenters. The SMILES string of the molecule is CC(C)(C)c1ccc(OCCCCC2=CCc3ccccc32)cc1. The van der Waals surface area contributed by atoms with Crippen LogP contribution in [0.25, 0.3) is 5.57 Å². The minimum absolute atomic E-state index is 0.198. The molecule has 0 radical (unpaired) electrons. The fourth-order valence-electron chi connectivity index (χ4n) is 3.25. The molecule has 0 bridgehead atoms. The van der Waals surface area contributed by atoms with Crippen molar-refractivity contribution in [1.29, 1.82) is 0 Å². The van der Waals surface area contributed by atoms with Gasteiger partial charge >= 0.3 is 0 Å². The summed E-state index contributed by atoms with van der Waals surface area (Å²) in [6.45, 7) is 7.50. The van der Waals surface area contributed by atoms with E-state index < -0.39 is 0 Å². The van der Waals surface area contributed by atoms with E-state index in [0.717, 1.165) is 31.6 Å². The highest BCUT2D eigenvalue weighted by atomic mass is 16.5. The second-order valence-corrected chi connectivity index (χ2v) is 7.67. The number of fused-ring (bicyclic) bond motifs is 1. The lowest BCUT2D eigenvalue weighted by Gasteiger charge is -2.19. The molecule has 0 fully saturated rings. The molecule has 0 saturated heterocycles. The minimum Gasteiger partial charge on any atom is -0.494 e. The fourth-order valence-corrected chi connectivity index (χ4v) is 3.25. The lowest BCUT2D eigenvalue weighted by molar-refractivity contribution is 0.307. The van der Waals surface area contributed by atoms with Crippen LogP contribution in [0.1, 0.15) is 56.7 Å². The molecule has 1 aliphatic rings. The van der Waals surface area contributed by atoms with E-state index >= 15 is 0 Å². The van der Waals surface area contributed by atoms with Crippen molar-refractivity contribution in [3.63, 3.8) is 0 Å². The zero-order valence-corrected chi connectivity index (χ0v) is 15.1. The highest BCUT2D eigenvalue weighted by molar-refractivity contribution is 5.72. The Kier molecular flexibility index (Phi) is 5.08. The van der Waals surface area contributed by atoms with Crippen molar-refractivity contribution in [3.05, 3.63) is 71.3 Å². The zero-order valence-electron chi connectivity index (χ0n) is 15.1. The number of ether oxygens (including phenoxy) is 1. The summed E-state index contributed by atoms with van der Waals surface area (Å²) in [4.78, 5) is 0. The maximum atomic E-state index is 5.89. The number of unbranched alkanes of at least 4 members (excludes halogenated alkanes) is 1. The first-order valence-electron chi connectivity index (χ1n) is 9.05.